The molecular weight excluding hydrogens is 276 g/mol. The third-order valence-corrected chi connectivity index (χ3v) is 3.39. The number of nitrogen functional groups attached to an aromatic ring is 1. The van der Waals surface area contributed by atoms with E-state index in [1.807, 2.05) is 43.3 Å². The lowest BCUT2D eigenvalue weighted by atomic mass is 10.1. The van der Waals surface area contributed by atoms with Crippen LogP contribution in [-0.2, 0) is 11.2 Å². The molecule has 0 aromatic heterocycles. The fourth-order valence-corrected chi connectivity index (χ4v) is 1.96. The van der Waals surface area contributed by atoms with Crippen LogP contribution < -0.4 is 15.8 Å². The first-order valence-electron chi connectivity index (χ1n) is 7.48. The van der Waals surface area contributed by atoms with E-state index in [9.17, 15) is 4.79 Å². The standard InChI is InChI=1S/C18H22N2O2/c1-3-13(2)22-17-10-8-16(9-11-17)20-18(21)12-14-4-6-15(19)7-5-14/h4-11,13H,3,12,19H2,1-2H3,(H,20,21). The summed E-state index contributed by atoms with van der Waals surface area (Å²) >= 11 is 0. The molecule has 0 aliphatic heterocycles. The van der Waals surface area contributed by atoms with Gasteiger partial charge >= 0.3 is 0 Å². The van der Waals surface area contributed by atoms with Gasteiger partial charge < -0.3 is 15.8 Å². The second-order valence-corrected chi connectivity index (χ2v) is 5.33. The highest BCUT2D eigenvalue weighted by molar-refractivity contribution is 5.92. The Morgan fingerprint density at radius 3 is 2.36 bits per heavy atom. The first-order chi connectivity index (χ1) is 10.6. The smallest absolute Gasteiger partial charge is 0.228 e. The van der Waals surface area contributed by atoms with Gasteiger partial charge in [-0.3, -0.25) is 4.79 Å². The Hall–Kier alpha value is -2.49. The molecule has 0 saturated carbocycles. The minimum atomic E-state index is -0.0552. The molecule has 0 aliphatic carbocycles. The van der Waals surface area contributed by atoms with Gasteiger partial charge in [-0.2, -0.15) is 0 Å². The van der Waals surface area contributed by atoms with Crippen molar-refractivity contribution in [1.82, 2.24) is 0 Å². The quantitative estimate of drug-likeness (QED) is 0.800. The number of nitrogens with one attached hydrogen (secondary N) is 1. The number of amides is 1. The molecule has 1 amide bonds. The molecule has 2 aromatic carbocycles. The minimum absolute atomic E-state index is 0.0552. The topological polar surface area (TPSA) is 64.3 Å². The molecule has 0 bridgehead atoms. The van der Waals surface area contributed by atoms with Gasteiger partial charge in [0, 0.05) is 11.4 Å². The maximum atomic E-state index is 12.0. The van der Waals surface area contributed by atoms with Crippen molar-refractivity contribution < 1.29 is 9.53 Å². The van der Waals surface area contributed by atoms with Crippen LogP contribution >= 0.6 is 0 Å². The summed E-state index contributed by atoms with van der Waals surface area (Å²) in [6.45, 7) is 4.11. The van der Waals surface area contributed by atoms with Crippen LogP contribution in [0.4, 0.5) is 11.4 Å². The lowest BCUT2D eigenvalue weighted by molar-refractivity contribution is -0.115. The van der Waals surface area contributed by atoms with Crippen molar-refractivity contribution in [2.75, 3.05) is 11.1 Å². The SMILES string of the molecule is CCC(C)Oc1ccc(NC(=O)Cc2ccc(N)cc2)cc1. The monoisotopic (exact) mass is 298 g/mol. The Morgan fingerprint density at radius 2 is 1.77 bits per heavy atom. The van der Waals surface area contributed by atoms with Gasteiger partial charge in [-0.15, -0.1) is 0 Å². The van der Waals surface area contributed by atoms with Gasteiger partial charge in [0.05, 0.1) is 12.5 Å². The van der Waals surface area contributed by atoms with E-state index in [1.165, 1.54) is 0 Å². The van der Waals surface area contributed by atoms with Gasteiger partial charge in [-0.25, -0.2) is 0 Å². The summed E-state index contributed by atoms with van der Waals surface area (Å²) in [5.41, 5.74) is 8.02. The van der Waals surface area contributed by atoms with Gasteiger partial charge in [0.1, 0.15) is 5.75 Å². The average Bonchev–Trinajstić information content (AvgIpc) is 2.51. The molecule has 116 valence electrons. The van der Waals surface area contributed by atoms with Crippen LogP contribution in [0.5, 0.6) is 5.75 Å². The molecule has 0 spiro atoms. The number of benzene rings is 2. The van der Waals surface area contributed by atoms with E-state index in [4.69, 9.17) is 10.5 Å². The van der Waals surface area contributed by atoms with Crippen molar-refractivity contribution in [2.45, 2.75) is 32.8 Å². The summed E-state index contributed by atoms with van der Waals surface area (Å²) in [5.74, 6) is 0.756. The summed E-state index contributed by atoms with van der Waals surface area (Å²) in [5, 5.41) is 2.87. The first kappa shape index (κ1) is 15.9. The van der Waals surface area contributed by atoms with Crippen molar-refractivity contribution in [3.63, 3.8) is 0 Å². The molecule has 4 nitrogen and oxygen atoms in total. The van der Waals surface area contributed by atoms with Gasteiger partial charge in [0.2, 0.25) is 5.91 Å². The molecule has 1 atom stereocenters. The summed E-state index contributed by atoms with van der Waals surface area (Å²) in [7, 11) is 0. The van der Waals surface area contributed by atoms with Crippen LogP contribution in [0.2, 0.25) is 0 Å². The van der Waals surface area contributed by atoms with Crippen LogP contribution in [0, 0.1) is 0 Å². The fourth-order valence-electron chi connectivity index (χ4n) is 1.96. The third kappa shape index (κ3) is 4.81. The molecule has 0 aliphatic rings. The van der Waals surface area contributed by atoms with E-state index in [0.717, 1.165) is 23.4 Å². The summed E-state index contributed by atoms with van der Waals surface area (Å²) < 4.78 is 5.71. The lowest BCUT2D eigenvalue weighted by Crippen LogP contribution is -2.14. The number of carbonyl (C=O) groups is 1. The van der Waals surface area contributed by atoms with Crippen LogP contribution in [0.25, 0.3) is 0 Å². The highest BCUT2D eigenvalue weighted by Gasteiger charge is 2.05. The molecule has 22 heavy (non-hydrogen) atoms. The van der Waals surface area contributed by atoms with E-state index in [2.05, 4.69) is 12.2 Å². The number of ether oxygens (including phenoxy) is 1. The van der Waals surface area contributed by atoms with Crippen LogP contribution in [-0.4, -0.2) is 12.0 Å². The van der Waals surface area contributed by atoms with Crippen LogP contribution in [0.1, 0.15) is 25.8 Å². The number of carbonyl (C=O) groups excluding carboxylic acids is 1. The van der Waals surface area contributed by atoms with Gasteiger partial charge in [-0.1, -0.05) is 19.1 Å². The highest BCUT2D eigenvalue weighted by atomic mass is 16.5. The summed E-state index contributed by atoms with van der Waals surface area (Å²) in [6, 6.07) is 14.7. The van der Waals surface area contributed by atoms with Gasteiger partial charge in [0.15, 0.2) is 0 Å². The number of rotatable bonds is 6. The minimum Gasteiger partial charge on any atom is -0.491 e. The highest BCUT2D eigenvalue weighted by Crippen LogP contribution is 2.18. The zero-order chi connectivity index (χ0) is 15.9. The van der Waals surface area contributed by atoms with Crippen LogP contribution in [0.3, 0.4) is 0 Å². The van der Waals surface area contributed by atoms with Crippen molar-refractivity contribution in [2.24, 2.45) is 0 Å². The molecule has 2 rings (SSSR count). The Morgan fingerprint density at radius 1 is 1.14 bits per heavy atom. The van der Waals surface area contributed by atoms with E-state index < -0.39 is 0 Å². The third-order valence-electron chi connectivity index (χ3n) is 3.39. The Kier molecular flexibility index (Phi) is 5.42. The zero-order valence-electron chi connectivity index (χ0n) is 13.0. The predicted octanol–water partition coefficient (Wildman–Crippen LogP) is 3.63. The maximum absolute atomic E-state index is 12.0. The largest absolute Gasteiger partial charge is 0.491 e. The Bertz CT molecular complexity index is 606. The summed E-state index contributed by atoms with van der Waals surface area (Å²) in [4.78, 5) is 12.0. The first-order valence-corrected chi connectivity index (χ1v) is 7.48. The second-order valence-electron chi connectivity index (χ2n) is 5.33. The predicted molar refractivity (Wildman–Crippen MR) is 90.0 cm³/mol. The summed E-state index contributed by atoms with van der Waals surface area (Å²) in [6.07, 6.45) is 1.47. The maximum Gasteiger partial charge on any atom is 0.228 e. The van der Waals surface area contributed by atoms with Crippen molar-refractivity contribution in [3.05, 3.63) is 54.1 Å². The molecule has 0 heterocycles. The molecule has 0 radical (unpaired) electrons. The number of nitrogens with two attached hydrogens (primary N) is 1. The average molecular weight is 298 g/mol. The Balaban J connectivity index is 1.90. The second kappa shape index (κ2) is 7.50. The number of hydrogen-bond donors (Lipinski definition) is 2. The molecule has 0 fully saturated rings. The Labute approximate surface area is 131 Å². The van der Waals surface area contributed by atoms with Crippen molar-refractivity contribution in [3.8, 4) is 5.75 Å². The number of anilines is 2. The lowest BCUT2D eigenvalue weighted by Gasteiger charge is -2.13. The fraction of sp³-hybridized carbons (Fsp3) is 0.278. The molecular formula is C18H22N2O2. The van der Waals surface area contributed by atoms with Gasteiger partial charge in [-0.05, 0) is 55.3 Å². The molecule has 3 N–H and O–H groups in total. The van der Waals surface area contributed by atoms with Crippen molar-refractivity contribution in [1.29, 1.82) is 0 Å². The van der Waals surface area contributed by atoms with Crippen LogP contribution in [0.15, 0.2) is 48.5 Å². The van der Waals surface area contributed by atoms with Gasteiger partial charge in [0.25, 0.3) is 0 Å². The molecule has 2 aromatic rings. The van der Waals surface area contributed by atoms with E-state index >= 15 is 0 Å². The molecule has 4 heteroatoms. The van der Waals surface area contributed by atoms with E-state index in [1.54, 1.807) is 12.1 Å². The molecule has 1 unspecified atom stereocenters. The van der Waals surface area contributed by atoms with E-state index in [-0.39, 0.29) is 12.0 Å². The zero-order valence-corrected chi connectivity index (χ0v) is 13.0. The normalized spacial score (nSPS) is 11.7. The van der Waals surface area contributed by atoms with Crippen molar-refractivity contribution >= 4 is 17.3 Å². The number of hydrogen-bond acceptors (Lipinski definition) is 3. The molecule has 0 saturated heterocycles. The van der Waals surface area contributed by atoms with E-state index in [0.29, 0.717) is 12.1 Å².